The molecule has 2 aliphatic rings. The van der Waals surface area contributed by atoms with Gasteiger partial charge in [-0.25, -0.2) is 9.69 Å². The summed E-state index contributed by atoms with van der Waals surface area (Å²) in [5, 5.41) is 22.6. The van der Waals surface area contributed by atoms with Crippen molar-refractivity contribution in [1.82, 2.24) is 15.1 Å². The maximum atomic E-state index is 13.7. The molecule has 1 atom stereocenters. The number of imide groups is 1. The summed E-state index contributed by atoms with van der Waals surface area (Å²) >= 11 is 0. The molecule has 0 saturated carbocycles. The van der Waals surface area contributed by atoms with E-state index in [0.29, 0.717) is 17.6 Å². The molecule has 5 rings (SSSR count). The number of nitrogens with zero attached hydrogens (tertiary/aromatic N) is 3. The molecule has 2 aromatic carbocycles. The maximum absolute atomic E-state index is 13.7. The largest absolute Gasteiger partial charge is 0.443 e. The molecule has 1 unspecified atom stereocenters. The summed E-state index contributed by atoms with van der Waals surface area (Å²) in [7, 11) is 0. The van der Waals surface area contributed by atoms with Crippen LogP contribution >= 0.6 is 0 Å². The summed E-state index contributed by atoms with van der Waals surface area (Å²) in [5.41, 5.74) is 3.41. The van der Waals surface area contributed by atoms with Crippen LogP contribution in [0.4, 0.5) is 16.2 Å². The van der Waals surface area contributed by atoms with Crippen molar-refractivity contribution in [2.75, 3.05) is 11.9 Å². The van der Waals surface area contributed by atoms with E-state index in [-0.39, 0.29) is 12.2 Å². The number of nitro groups is 1. The van der Waals surface area contributed by atoms with Crippen LogP contribution in [0.2, 0.25) is 0 Å². The quantitative estimate of drug-likeness (QED) is 0.426. The average molecular weight is 461 g/mol. The fourth-order valence-corrected chi connectivity index (χ4v) is 4.53. The number of nitro benzene ring substituents is 1. The fourth-order valence-electron chi connectivity index (χ4n) is 4.53. The van der Waals surface area contributed by atoms with Crippen molar-refractivity contribution in [2.45, 2.75) is 38.7 Å². The minimum atomic E-state index is -0.747. The van der Waals surface area contributed by atoms with Crippen LogP contribution in [-0.2, 0) is 9.53 Å². The Hall–Kier alpha value is -4.21. The molecule has 1 aromatic heterocycles. The number of carbonyl (C=O) groups excluding carboxylic acids is 2. The molecule has 34 heavy (non-hydrogen) atoms. The van der Waals surface area contributed by atoms with E-state index < -0.39 is 28.4 Å². The van der Waals surface area contributed by atoms with Crippen LogP contribution in [0, 0.1) is 10.1 Å². The minimum Gasteiger partial charge on any atom is -0.443 e. The molecule has 2 aliphatic heterocycles. The van der Waals surface area contributed by atoms with Gasteiger partial charge in [0.1, 0.15) is 5.60 Å². The Balaban J connectivity index is 1.66. The van der Waals surface area contributed by atoms with E-state index >= 15 is 0 Å². The van der Waals surface area contributed by atoms with Gasteiger partial charge in [-0.15, -0.1) is 0 Å². The Morgan fingerprint density at radius 1 is 1.21 bits per heavy atom. The number of rotatable bonds is 2. The molecule has 0 bridgehead atoms. The van der Waals surface area contributed by atoms with Gasteiger partial charge in [-0.05, 0) is 38.5 Å². The van der Waals surface area contributed by atoms with E-state index in [1.54, 1.807) is 39.1 Å². The molecule has 0 aliphatic carbocycles. The highest BCUT2D eigenvalue weighted by molar-refractivity contribution is 6.07. The first-order valence-corrected chi connectivity index (χ1v) is 10.9. The van der Waals surface area contributed by atoms with Crippen LogP contribution < -0.4 is 5.32 Å². The second-order valence-corrected chi connectivity index (χ2v) is 9.35. The predicted molar refractivity (Wildman–Crippen MR) is 124 cm³/mol. The van der Waals surface area contributed by atoms with Crippen molar-refractivity contribution >= 4 is 34.3 Å². The molecule has 10 heteroatoms. The molecule has 0 spiro atoms. The third-order valence-corrected chi connectivity index (χ3v) is 5.96. The molecule has 10 nitrogen and oxygen atoms in total. The Morgan fingerprint density at radius 3 is 2.62 bits per heavy atom. The number of nitrogens with one attached hydrogen (secondary N) is 2. The summed E-state index contributed by atoms with van der Waals surface area (Å²) in [6.45, 7) is 5.43. The Labute approximate surface area is 194 Å². The molecule has 2 amide bonds. The van der Waals surface area contributed by atoms with Gasteiger partial charge in [-0.3, -0.25) is 20.0 Å². The van der Waals surface area contributed by atoms with Gasteiger partial charge in [0.25, 0.3) is 11.6 Å². The molecule has 0 radical (unpaired) electrons. The maximum Gasteiger partial charge on any atom is 0.417 e. The van der Waals surface area contributed by atoms with Crippen molar-refractivity contribution < 1.29 is 19.2 Å². The highest BCUT2D eigenvalue weighted by Gasteiger charge is 2.42. The SMILES string of the molecule is CC(C)(C)OC(=O)N1CCC2=C(C1=O)C(c1ccc([N+](=O)[O-])cc1)c1c(ccc3cn[nH]c13)N2. The van der Waals surface area contributed by atoms with E-state index in [1.807, 2.05) is 12.1 Å². The van der Waals surface area contributed by atoms with Gasteiger partial charge in [-0.1, -0.05) is 12.1 Å². The van der Waals surface area contributed by atoms with Crippen LogP contribution in [0.1, 0.15) is 44.2 Å². The number of aromatic nitrogens is 2. The molecule has 2 N–H and O–H groups in total. The normalized spacial score (nSPS) is 17.8. The van der Waals surface area contributed by atoms with Gasteiger partial charge in [-0.2, -0.15) is 5.10 Å². The topological polar surface area (TPSA) is 130 Å². The highest BCUT2D eigenvalue weighted by atomic mass is 16.6. The summed E-state index contributed by atoms with van der Waals surface area (Å²) in [6.07, 6.45) is 1.43. The van der Waals surface area contributed by atoms with Crippen LogP contribution in [0.5, 0.6) is 0 Å². The third-order valence-electron chi connectivity index (χ3n) is 5.96. The van der Waals surface area contributed by atoms with E-state index in [4.69, 9.17) is 4.74 Å². The van der Waals surface area contributed by atoms with Gasteiger partial charge in [0.15, 0.2) is 0 Å². The Bertz CT molecular complexity index is 1370. The second kappa shape index (κ2) is 7.68. The summed E-state index contributed by atoms with van der Waals surface area (Å²) < 4.78 is 5.47. The minimum absolute atomic E-state index is 0.0442. The summed E-state index contributed by atoms with van der Waals surface area (Å²) in [4.78, 5) is 38.4. The van der Waals surface area contributed by atoms with E-state index in [1.165, 1.54) is 12.1 Å². The van der Waals surface area contributed by atoms with Gasteiger partial charge in [0.2, 0.25) is 0 Å². The number of fused-ring (bicyclic) bond motifs is 3. The van der Waals surface area contributed by atoms with Gasteiger partial charge >= 0.3 is 6.09 Å². The smallest absolute Gasteiger partial charge is 0.417 e. The Kier molecular flexibility index (Phi) is 4.89. The molecular formula is C24H23N5O5. The van der Waals surface area contributed by atoms with Crippen molar-refractivity contribution in [3.05, 3.63) is 75.1 Å². The predicted octanol–water partition coefficient (Wildman–Crippen LogP) is 4.45. The van der Waals surface area contributed by atoms with Gasteiger partial charge in [0.05, 0.1) is 16.6 Å². The first-order chi connectivity index (χ1) is 16.1. The number of hydrogen-bond donors (Lipinski definition) is 2. The van der Waals surface area contributed by atoms with E-state index in [9.17, 15) is 19.7 Å². The highest BCUT2D eigenvalue weighted by Crippen LogP contribution is 2.47. The monoisotopic (exact) mass is 461 g/mol. The molecule has 0 saturated heterocycles. The zero-order chi connectivity index (χ0) is 24.2. The zero-order valence-electron chi connectivity index (χ0n) is 18.9. The van der Waals surface area contributed by atoms with Crippen molar-refractivity contribution in [1.29, 1.82) is 0 Å². The summed E-state index contributed by atoms with van der Waals surface area (Å²) in [5.74, 6) is -1.01. The summed E-state index contributed by atoms with van der Waals surface area (Å²) in [6, 6.07) is 10.0. The van der Waals surface area contributed by atoms with E-state index in [0.717, 1.165) is 32.8 Å². The lowest BCUT2D eigenvalue weighted by molar-refractivity contribution is -0.384. The fraction of sp³-hybridized carbons (Fsp3) is 0.292. The molecular weight excluding hydrogens is 438 g/mol. The molecule has 3 aromatic rings. The van der Waals surface area contributed by atoms with Crippen LogP contribution in [0.25, 0.3) is 10.9 Å². The van der Waals surface area contributed by atoms with Crippen LogP contribution in [0.3, 0.4) is 0 Å². The molecule has 174 valence electrons. The van der Waals surface area contributed by atoms with Crippen LogP contribution in [0.15, 0.2) is 53.9 Å². The zero-order valence-corrected chi connectivity index (χ0v) is 18.9. The van der Waals surface area contributed by atoms with E-state index in [2.05, 4.69) is 15.5 Å². The number of anilines is 1. The number of hydrogen-bond acceptors (Lipinski definition) is 7. The Morgan fingerprint density at radius 2 is 1.94 bits per heavy atom. The second-order valence-electron chi connectivity index (χ2n) is 9.35. The number of carbonyl (C=O) groups is 2. The van der Waals surface area contributed by atoms with Gasteiger partial charge < -0.3 is 10.1 Å². The third kappa shape index (κ3) is 3.57. The number of benzene rings is 2. The number of ether oxygens (including phenoxy) is 1. The number of H-pyrrole nitrogens is 1. The first kappa shape index (κ1) is 21.6. The lowest BCUT2D eigenvalue weighted by Crippen LogP contribution is -2.47. The molecule has 3 heterocycles. The standard InChI is InChI=1S/C24H23N5O5/c1-24(2,3)34-23(31)28-11-10-17-20(22(28)30)18(13-4-7-15(8-5-13)29(32)33)19-16(26-17)9-6-14-12-25-27-21(14)19/h4-9,12,18,26H,10-11H2,1-3H3,(H,25,27). The van der Waals surface area contributed by atoms with Crippen molar-refractivity contribution in [2.24, 2.45) is 0 Å². The number of amides is 2. The number of aromatic amines is 1. The number of non-ortho nitro benzene ring substituents is 1. The van der Waals surface area contributed by atoms with Crippen LogP contribution in [-0.4, -0.2) is 44.2 Å². The lowest BCUT2D eigenvalue weighted by Gasteiger charge is -2.38. The van der Waals surface area contributed by atoms with Gasteiger partial charge in [0, 0.05) is 58.9 Å². The van der Waals surface area contributed by atoms with Crippen molar-refractivity contribution in [3.8, 4) is 0 Å². The first-order valence-electron chi connectivity index (χ1n) is 10.9. The van der Waals surface area contributed by atoms with Crippen molar-refractivity contribution in [3.63, 3.8) is 0 Å². The molecule has 0 fully saturated rings. The lowest BCUT2D eigenvalue weighted by atomic mass is 9.77. The average Bonchev–Trinajstić information content (AvgIpc) is 3.26.